The van der Waals surface area contributed by atoms with E-state index in [2.05, 4.69) is 5.32 Å². The molecule has 16 heavy (non-hydrogen) atoms. The van der Waals surface area contributed by atoms with Crippen LogP contribution in [0.2, 0.25) is 0 Å². The molecule has 2 atom stereocenters. The predicted octanol–water partition coefficient (Wildman–Crippen LogP) is 1.29. The van der Waals surface area contributed by atoms with Crippen LogP contribution in [0.4, 0.5) is 4.79 Å². The van der Waals surface area contributed by atoms with Crippen LogP contribution in [-0.2, 0) is 4.79 Å². The number of amides is 2. The minimum Gasteiger partial charge on any atom is -0.481 e. The number of carbonyl (C=O) groups excluding carboxylic acids is 1. The van der Waals surface area contributed by atoms with Gasteiger partial charge in [-0.15, -0.1) is 0 Å². The highest BCUT2D eigenvalue weighted by atomic mass is 16.4. The zero-order valence-corrected chi connectivity index (χ0v) is 9.90. The van der Waals surface area contributed by atoms with E-state index in [4.69, 9.17) is 5.11 Å². The summed E-state index contributed by atoms with van der Waals surface area (Å²) in [6.07, 6.45) is 2.31. The summed E-state index contributed by atoms with van der Waals surface area (Å²) in [4.78, 5) is 24.2. The molecule has 0 radical (unpaired) electrons. The molecule has 0 aromatic carbocycles. The van der Waals surface area contributed by atoms with Crippen LogP contribution >= 0.6 is 0 Å². The molecule has 1 heterocycles. The van der Waals surface area contributed by atoms with Crippen molar-refractivity contribution in [3.8, 4) is 0 Å². The monoisotopic (exact) mass is 228 g/mol. The largest absolute Gasteiger partial charge is 0.481 e. The fraction of sp³-hybridized carbons (Fsp3) is 0.818. The molecule has 1 fully saturated rings. The highest BCUT2D eigenvalue weighted by Crippen LogP contribution is 2.16. The maximum atomic E-state index is 11.8. The highest BCUT2D eigenvalue weighted by Gasteiger charge is 2.28. The quantitative estimate of drug-likeness (QED) is 0.764. The van der Waals surface area contributed by atoms with Crippen LogP contribution in [0.5, 0.6) is 0 Å². The average Bonchev–Trinajstić information content (AvgIpc) is 2.28. The number of aliphatic carboxylic acids is 1. The van der Waals surface area contributed by atoms with Gasteiger partial charge in [-0.25, -0.2) is 4.79 Å². The second-order valence-corrected chi connectivity index (χ2v) is 4.38. The van der Waals surface area contributed by atoms with Crippen molar-refractivity contribution in [2.75, 3.05) is 13.1 Å². The van der Waals surface area contributed by atoms with Gasteiger partial charge in [0, 0.05) is 19.1 Å². The van der Waals surface area contributed by atoms with E-state index < -0.39 is 11.9 Å². The molecule has 0 spiro atoms. The SMILES string of the molecule is CCC(C)NC(=O)N1CCCC(C(=O)O)C1. The summed E-state index contributed by atoms with van der Waals surface area (Å²) < 4.78 is 0. The van der Waals surface area contributed by atoms with Crippen LogP contribution in [0.15, 0.2) is 0 Å². The fourth-order valence-corrected chi connectivity index (χ4v) is 1.77. The standard InChI is InChI=1S/C11H20N2O3/c1-3-8(2)12-11(16)13-6-4-5-9(7-13)10(14)15/h8-9H,3-7H2,1-2H3,(H,12,16)(H,14,15). The van der Waals surface area contributed by atoms with Gasteiger partial charge in [0.05, 0.1) is 5.92 Å². The molecule has 0 aromatic heterocycles. The Bertz CT molecular complexity index is 268. The van der Waals surface area contributed by atoms with E-state index in [-0.39, 0.29) is 12.1 Å². The van der Waals surface area contributed by atoms with Gasteiger partial charge in [0.25, 0.3) is 0 Å². The molecule has 5 nitrogen and oxygen atoms in total. The Morgan fingerprint density at radius 1 is 1.56 bits per heavy atom. The Balaban J connectivity index is 2.47. The second kappa shape index (κ2) is 5.72. The first-order chi connectivity index (χ1) is 7.54. The Morgan fingerprint density at radius 3 is 2.81 bits per heavy atom. The molecule has 92 valence electrons. The van der Waals surface area contributed by atoms with E-state index in [0.29, 0.717) is 19.5 Å². The van der Waals surface area contributed by atoms with E-state index in [1.165, 1.54) is 0 Å². The number of nitrogens with one attached hydrogen (secondary N) is 1. The minimum absolute atomic E-state index is 0.137. The van der Waals surface area contributed by atoms with Crippen LogP contribution in [0.3, 0.4) is 0 Å². The zero-order valence-electron chi connectivity index (χ0n) is 9.90. The third-order valence-electron chi connectivity index (χ3n) is 3.04. The van der Waals surface area contributed by atoms with Crippen molar-refractivity contribution >= 4 is 12.0 Å². The number of piperidine rings is 1. The molecule has 2 unspecified atom stereocenters. The molecule has 1 aliphatic heterocycles. The Labute approximate surface area is 95.8 Å². The molecule has 1 rings (SSSR count). The molecule has 2 amide bonds. The Morgan fingerprint density at radius 2 is 2.25 bits per heavy atom. The summed E-state index contributed by atoms with van der Waals surface area (Å²) in [7, 11) is 0. The van der Waals surface area contributed by atoms with Crippen molar-refractivity contribution in [2.24, 2.45) is 5.92 Å². The van der Waals surface area contributed by atoms with E-state index in [1.807, 2.05) is 13.8 Å². The third kappa shape index (κ3) is 3.40. The van der Waals surface area contributed by atoms with Crippen molar-refractivity contribution in [2.45, 2.75) is 39.2 Å². The molecule has 1 aliphatic rings. The van der Waals surface area contributed by atoms with Crippen LogP contribution in [0.1, 0.15) is 33.1 Å². The fourth-order valence-electron chi connectivity index (χ4n) is 1.77. The summed E-state index contributed by atoms with van der Waals surface area (Å²) in [6, 6.07) is -0.00185. The first kappa shape index (κ1) is 12.8. The maximum absolute atomic E-state index is 11.8. The molecular weight excluding hydrogens is 208 g/mol. The molecule has 2 N–H and O–H groups in total. The van der Waals surface area contributed by atoms with Crippen LogP contribution in [0, 0.1) is 5.92 Å². The topological polar surface area (TPSA) is 69.6 Å². The summed E-state index contributed by atoms with van der Waals surface area (Å²) in [5, 5.41) is 11.8. The summed E-state index contributed by atoms with van der Waals surface area (Å²) in [6.45, 7) is 4.93. The van der Waals surface area contributed by atoms with E-state index >= 15 is 0 Å². The van der Waals surface area contributed by atoms with Crippen molar-refractivity contribution in [3.05, 3.63) is 0 Å². The van der Waals surface area contributed by atoms with Gasteiger partial charge in [0.15, 0.2) is 0 Å². The lowest BCUT2D eigenvalue weighted by Gasteiger charge is -2.31. The number of hydrogen-bond acceptors (Lipinski definition) is 2. The molecule has 1 saturated heterocycles. The number of carboxylic acid groups (broad SMARTS) is 1. The number of hydrogen-bond donors (Lipinski definition) is 2. The zero-order chi connectivity index (χ0) is 12.1. The van der Waals surface area contributed by atoms with Gasteiger partial charge in [-0.3, -0.25) is 4.79 Å². The number of carbonyl (C=O) groups is 2. The lowest BCUT2D eigenvalue weighted by atomic mass is 9.99. The third-order valence-corrected chi connectivity index (χ3v) is 3.04. The van der Waals surface area contributed by atoms with Gasteiger partial charge in [0.1, 0.15) is 0 Å². The van der Waals surface area contributed by atoms with Gasteiger partial charge in [0.2, 0.25) is 0 Å². The molecule has 0 aromatic rings. The summed E-state index contributed by atoms with van der Waals surface area (Å²) >= 11 is 0. The average molecular weight is 228 g/mol. The number of rotatable bonds is 3. The van der Waals surface area contributed by atoms with E-state index in [0.717, 1.165) is 12.8 Å². The van der Waals surface area contributed by atoms with Gasteiger partial charge in [-0.1, -0.05) is 6.92 Å². The molecule has 0 aliphatic carbocycles. The lowest BCUT2D eigenvalue weighted by Crippen LogP contribution is -2.49. The normalized spacial score (nSPS) is 22.6. The number of likely N-dealkylation sites (tertiary alicyclic amines) is 1. The number of carboxylic acids is 1. The highest BCUT2D eigenvalue weighted by molar-refractivity contribution is 5.76. The van der Waals surface area contributed by atoms with Crippen molar-refractivity contribution in [1.29, 1.82) is 0 Å². The smallest absolute Gasteiger partial charge is 0.317 e. The summed E-state index contributed by atoms with van der Waals surface area (Å²) in [5.74, 6) is -1.21. The van der Waals surface area contributed by atoms with E-state index in [1.54, 1.807) is 4.90 Å². The number of urea groups is 1. The maximum Gasteiger partial charge on any atom is 0.317 e. The minimum atomic E-state index is -0.805. The summed E-state index contributed by atoms with van der Waals surface area (Å²) in [5.41, 5.74) is 0. The van der Waals surface area contributed by atoms with Crippen LogP contribution in [0.25, 0.3) is 0 Å². The first-order valence-electron chi connectivity index (χ1n) is 5.82. The van der Waals surface area contributed by atoms with Gasteiger partial charge >= 0.3 is 12.0 Å². The molecule has 0 bridgehead atoms. The van der Waals surface area contributed by atoms with Crippen molar-refractivity contribution < 1.29 is 14.7 Å². The molecule has 0 saturated carbocycles. The molecular formula is C11H20N2O3. The second-order valence-electron chi connectivity index (χ2n) is 4.38. The number of nitrogens with zero attached hydrogens (tertiary/aromatic N) is 1. The van der Waals surface area contributed by atoms with Gasteiger partial charge in [-0.2, -0.15) is 0 Å². The van der Waals surface area contributed by atoms with Gasteiger partial charge < -0.3 is 15.3 Å². The predicted molar refractivity (Wildman–Crippen MR) is 60.2 cm³/mol. The van der Waals surface area contributed by atoms with Crippen molar-refractivity contribution in [3.63, 3.8) is 0 Å². The van der Waals surface area contributed by atoms with Crippen LogP contribution in [-0.4, -0.2) is 41.1 Å². The molecule has 5 heteroatoms. The Kier molecular flexibility index (Phi) is 4.58. The van der Waals surface area contributed by atoms with E-state index in [9.17, 15) is 9.59 Å². The van der Waals surface area contributed by atoms with Gasteiger partial charge in [-0.05, 0) is 26.2 Å². The Hall–Kier alpha value is -1.26. The lowest BCUT2D eigenvalue weighted by molar-refractivity contribution is -0.143. The van der Waals surface area contributed by atoms with Crippen molar-refractivity contribution in [1.82, 2.24) is 10.2 Å². The van der Waals surface area contributed by atoms with Crippen LogP contribution < -0.4 is 5.32 Å². The first-order valence-corrected chi connectivity index (χ1v) is 5.82.